The number of urea groups is 1. The Morgan fingerprint density at radius 1 is 1.00 bits per heavy atom. The van der Waals surface area contributed by atoms with Gasteiger partial charge in [0.05, 0.1) is 0 Å². The predicted molar refractivity (Wildman–Crippen MR) is 107 cm³/mol. The van der Waals surface area contributed by atoms with Gasteiger partial charge in [0.15, 0.2) is 0 Å². The van der Waals surface area contributed by atoms with Crippen LogP contribution in [0.2, 0.25) is 0 Å². The van der Waals surface area contributed by atoms with E-state index in [0.717, 1.165) is 39.5 Å². The third-order valence-corrected chi connectivity index (χ3v) is 4.69. The maximum absolute atomic E-state index is 13.2. The molecule has 0 radical (unpaired) electrons. The molecule has 0 unspecified atom stereocenters. The van der Waals surface area contributed by atoms with Crippen molar-refractivity contribution in [2.75, 3.05) is 5.32 Å². The van der Waals surface area contributed by atoms with Crippen molar-refractivity contribution >= 4 is 11.7 Å². The minimum atomic E-state index is -0.258. The summed E-state index contributed by atoms with van der Waals surface area (Å²) in [4.78, 5) is 12.3. The molecule has 0 aliphatic carbocycles. The molecule has 0 spiro atoms. The van der Waals surface area contributed by atoms with Crippen LogP contribution in [0.25, 0.3) is 5.69 Å². The van der Waals surface area contributed by atoms with E-state index in [4.69, 9.17) is 0 Å². The Labute approximate surface area is 159 Å². The van der Waals surface area contributed by atoms with Gasteiger partial charge in [-0.15, -0.1) is 0 Å². The minimum absolute atomic E-state index is 0.242. The van der Waals surface area contributed by atoms with Crippen LogP contribution in [0.3, 0.4) is 0 Å². The molecule has 0 aliphatic rings. The number of hydrogen-bond acceptors (Lipinski definition) is 1. The lowest BCUT2D eigenvalue weighted by atomic mass is 10.1. The van der Waals surface area contributed by atoms with Crippen LogP contribution in [0.1, 0.15) is 28.1 Å². The fourth-order valence-corrected chi connectivity index (χ4v) is 3.29. The third kappa shape index (κ3) is 4.19. The van der Waals surface area contributed by atoms with E-state index in [0.29, 0.717) is 6.54 Å². The zero-order chi connectivity index (χ0) is 19.6. The number of halogens is 1. The summed E-state index contributed by atoms with van der Waals surface area (Å²) in [6.45, 7) is 8.40. The van der Waals surface area contributed by atoms with Gasteiger partial charge in [0.1, 0.15) is 5.82 Å². The second kappa shape index (κ2) is 7.66. The van der Waals surface area contributed by atoms with Gasteiger partial charge in [-0.05, 0) is 75.2 Å². The van der Waals surface area contributed by atoms with Gasteiger partial charge in [-0.25, -0.2) is 9.18 Å². The quantitative estimate of drug-likeness (QED) is 0.658. The lowest BCUT2D eigenvalue weighted by molar-refractivity contribution is 0.251. The zero-order valence-corrected chi connectivity index (χ0v) is 16.1. The van der Waals surface area contributed by atoms with Crippen LogP contribution in [0, 0.1) is 33.5 Å². The first-order valence-corrected chi connectivity index (χ1v) is 8.91. The van der Waals surface area contributed by atoms with E-state index in [1.54, 1.807) is 12.1 Å². The summed E-state index contributed by atoms with van der Waals surface area (Å²) in [5.74, 6) is -0.258. The molecule has 0 bridgehead atoms. The van der Waals surface area contributed by atoms with Crippen molar-refractivity contribution in [2.24, 2.45) is 0 Å². The number of aryl methyl sites for hydroxylation is 3. The molecule has 0 saturated carbocycles. The Morgan fingerprint density at radius 2 is 1.70 bits per heavy atom. The normalized spacial score (nSPS) is 10.7. The summed E-state index contributed by atoms with van der Waals surface area (Å²) in [6.07, 6.45) is 0. The molecule has 0 fully saturated rings. The lowest BCUT2D eigenvalue weighted by Crippen LogP contribution is -2.28. The summed E-state index contributed by atoms with van der Waals surface area (Å²) in [6, 6.07) is 14.1. The van der Waals surface area contributed by atoms with Crippen molar-refractivity contribution in [2.45, 2.75) is 34.2 Å². The van der Waals surface area contributed by atoms with Gasteiger partial charge in [0, 0.05) is 29.3 Å². The van der Waals surface area contributed by atoms with Gasteiger partial charge in [0.25, 0.3) is 0 Å². The highest BCUT2D eigenvalue weighted by atomic mass is 19.1. The van der Waals surface area contributed by atoms with E-state index in [9.17, 15) is 9.18 Å². The van der Waals surface area contributed by atoms with Crippen molar-refractivity contribution in [3.8, 4) is 5.69 Å². The Balaban J connectivity index is 1.70. The number of hydrogen-bond donors (Lipinski definition) is 2. The molecule has 4 nitrogen and oxygen atoms in total. The molecular formula is C22H24FN3O. The minimum Gasteiger partial charge on any atom is -0.334 e. The highest BCUT2D eigenvalue weighted by Gasteiger charge is 2.12. The van der Waals surface area contributed by atoms with E-state index in [1.165, 1.54) is 12.1 Å². The molecule has 2 N–H and O–H groups in total. The Hall–Kier alpha value is -3.08. The summed E-state index contributed by atoms with van der Waals surface area (Å²) in [5.41, 5.74) is 6.96. The van der Waals surface area contributed by atoms with Crippen LogP contribution in [0.15, 0.2) is 48.5 Å². The monoisotopic (exact) mass is 365 g/mol. The molecule has 1 heterocycles. The highest BCUT2D eigenvalue weighted by Crippen LogP contribution is 2.21. The van der Waals surface area contributed by atoms with Crippen LogP contribution in [0.5, 0.6) is 0 Å². The molecule has 0 aliphatic heterocycles. The smallest absolute Gasteiger partial charge is 0.319 e. The molecular weight excluding hydrogens is 341 g/mol. The summed E-state index contributed by atoms with van der Waals surface area (Å²) < 4.78 is 15.2. The van der Waals surface area contributed by atoms with Gasteiger partial charge in [-0.2, -0.15) is 0 Å². The molecule has 0 atom stereocenters. The van der Waals surface area contributed by atoms with Crippen molar-refractivity contribution in [3.05, 3.63) is 82.4 Å². The lowest BCUT2D eigenvalue weighted by Gasteiger charge is -2.12. The molecule has 3 aromatic rings. The summed E-state index contributed by atoms with van der Waals surface area (Å²) in [7, 11) is 0. The second-order valence-electron chi connectivity index (χ2n) is 6.83. The number of carbonyl (C=O) groups is 1. The summed E-state index contributed by atoms with van der Waals surface area (Å²) >= 11 is 0. The SMILES string of the molecule is Cc1ccc(NC(=O)NCc2cc(C)n(-c3ccc(F)cc3)c2C)c(C)c1. The van der Waals surface area contributed by atoms with Gasteiger partial charge in [0.2, 0.25) is 0 Å². The molecule has 3 rings (SSSR count). The number of nitrogens with one attached hydrogen (secondary N) is 2. The van der Waals surface area contributed by atoms with Crippen LogP contribution in [-0.2, 0) is 6.54 Å². The highest BCUT2D eigenvalue weighted by molar-refractivity contribution is 5.90. The second-order valence-corrected chi connectivity index (χ2v) is 6.83. The number of aromatic nitrogens is 1. The van der Waals surface area contributed by atoms with Crippen molar-refractivity contribution in [1.82, 2.24) is 9.88 Å². The Morgan fingerprint density at radius 3 is 2.37 bits per heavy atom. The first-order chi connectivity index (χ1) is 12.8. The van der Waals surface area contributed by atoms with Crippen molar-refractivity contribution in [1.29, 1.82) is 0 Å². The van der Waals surface area contributed by atoms with Gasteiger partial charge >= 0.3 is 6.03 Å². The first kappa shape index (κ1) is 18.7. The molecule has 5 heteroatoms. The average molecular weight is 365 g/mol. The first-order valence-electron chi connectivity index (χ1n) is 8.91. The van der Waals surface area contributed by atoms with Gasteiger partial charge in [-0.1, -0.05) is 17.7 Å². The van der Waals surface area contributed by atoms with Gasteiger partial charge < -0.3 is 15.2 Å². The molecule has 2 aromatic carbocycles. The van der Waals surface area contributed by atoms with Crippen LogP contribution >= 0.6 is 0 Å². The van der Waals surface area contributed by atoms with E-state index in [2.05, 4.69) is 15.2 Å². The Bertz CT molecular complexity index is 974. The molecule has 2 amide bonds. The molecule has 0 saturated heterocycles. The number of benzene rings is 2. The van der Waals surface area contributed by atoms with Crippen LogP contribution in [0.4, 0.5) is 14.9 Å². The molecule has 140 valence electrons. The Kier molecular flexibility index (Phi) is 5.31. The number of carbonyl (C=O) groups excluding carboxylic acids is 1. The largest absolute Gasteiger partial charge is 0.334 e. The van der Waals surface area contributed by atoms with E-state index in [-0.39, 0.29) is 11.8 Å². The van der Waals surface area contributed by atoms with Crippen LogP contribution < -0.4 is 10.6 Å². The topological polar surface area (TPSA) is 46.1 Å². The molecule has 27 heavy (non-hydrogen) atoms. The van der Waals surface area contributed by atoms with E-state index >= 15 is 0 Å². The standard InChI is InChI=1S/C22H24FN3O/c1-14-5-10-21(15(2)11-14)25-22(27)24-13-18-12-16(3)26(17(18)4)20-8-6-19(23)7-9-20/h5-12H,13H2,1-4H3,(H2,24,25,27). The maximum Gasteiger partial charge on any atom is 0.319 e. The fourth-order valence-electron chi connectivity index (χ4n) is 3.29. The van der Waals surface area contributed by atoms with E-state index < -0.39 is 0 Å². The summed E-state index contributed by atoms with van der Waals surface area (Å²) in [5, 5.41) is 5.80. The van der Waals surface area contributed by atoms with Crippen LogP contribution in [-0.4, -0.2) is 10.6 Å². The van der Waals surface area contributed by atoms with E-state index in [1.807, 2.05) is 52.0 Å². The zero-order valence-electron chi connectivity index (χ0n) is 16.1. The van der Waals surface area contributed by atoms with Gasteiger partial charge in [-0.3, -0.25) is 0 Å². The number of nitrogens with zero attached hydrogens (tertiary/aromatic N) is 1. The molecule has 1 aromatic heterocycles. The number of anilines is 1. The van der Waals surface area contributed by atoms with Crippen molar-refractivity contribution < 1.29 is 9.18 Å². The maximum atomic E-state index is 13.2. The van der Waals surface area contributed by atoms with Crippen molar-refractivity contribution in [3.63, 3.8) is 0 Å². The number of amides is 2. The number of rotatable bonds is 4. The predicted octanol–water partition coefficient (Wildman–Crippen LogP) is 5.17. The third-order valence-electron chi connectivity index (χ3n) is 4.69. The fraction of sp³-hybridized carbons (Fsp3) is 0.227. The average Bonchev–Trinajstić information content (AvgIpc) is 2.90.